The van der Waals surface area contributed by atoms with Crippen LogP contribution in [-0.4, -0.2) is 14.5 Å². The fourth-order valence-corrected chi connectivity index (χ4v) is 3.86. The predicted molar refractivity (Wildman–Crippen MR) is 98.5 cm³/mol. The Balaban J connectivity index is 1.61. The summed E-state index contributed by atoms with van der Waals surface area (Å²) in [5.41, 5.74) is 3.23. The van der Waals surface area contributed by atoms with Crippen LogP contribution in [0.3, 0.4) is 0 Å². The maximum absolute atomic E-state index is 8.99. The van der Waals surface area contributed by atoms with E-state index < -0.39 is 0 Å². The molecule has 0 radical (unpaired) electrons. The molecule has 1 aromatic carbocycles. The molecule has 1 saturated carbocycles. The van der Waals surface area contributed by atoms with Crippen LogP contribution in [0.4, 0.5) is 0 Å². The van der Waals surface area contributed by atoms with Crippen LogP contribution in [0.2, 0.25) is 5.02 Å². The van der Waals surface area contributed by atoms with Crippen LogP contribution in [0.5, 0.6) is 0 Å². The second-order valence-corrected chi connectivity index (χ2v) is 7.57. The maximum Gasteiger partial charge on any atom is 0.109 e. The SMILES string of the molecule is Cn1cnc(-c2ccc([C@H]3CC3C#N)cc2)c1Sc1ccc(Cl)cn1. The zero-order valence-corrected chi connectivity index (χ0v) is 15.1. The van der Waals surface area contributed by atoms with Gasteiger partial charge in [-0.1, -0.05) is 35.9 Å². The summed E-state index contributed by atoms with van der Waals surface area (Å²) in [7, 11) is 1.98. The topological polar surface area (TPSA) is 54.5 Å². The Bertz CT molecular complexity index is 941. The summed E-state index contributed by atoms with van der Waals surface area (Å²) in [4.78, 5) is 8.91. The second-order valence-electron chi connectivity index (χ2n) is 6.13. The highest BCUT2D eigenvalue weighted by Crippen LogP contribution is 2.47. The van der Waals surface area contributed by atoms with Gasteiger partial charge in [0.25, 0.3) is 0 Å². The van der Waals surface area contributed by atoms with Gasteiger partial charge in [0.2, 0.25) is 0 Å². The van der Waals surface area contributed by atoms with Crippen molar-refractivity contribution in [3.05, 3.63) is 59.5 Å². The third-order valence-electron chi connectivity index (χ3n) is 4.35. The number of pyridine rings is 1. The molecule has 124 valence electrons. The summed E-state index contributed by atoms with van der Waals surface area (Å²) in [6.07, 6.45) is 4.44. The molecule has 1 aliphatic rings. The van der Waals surface area contributed by atoms with E-state index in [0.29, 0.717) is 10.9 Å². The van der Waals surface area contributed by atoms with E-state index in [1.165, 1.54) is 5.56 Å². The molecule has 2 heterocycles. The van der Waals surface area contributed by atoms with Gasteiger partial charge in [-0.15, -0.1) is 0 Å². The molecular formula is C19H15ClN4S. The Morgan fingerprint density at radius 2 is 2.00 bits per heavy atom. The predicted octanol–water partition coefficient (Wildman–Crippen LogP) is 4.91. The van der Waals surface area contributed by atoms with Crippen LogP contribution in [0, 0.1) is 17.2 Å². The molecule has 6 heteroatoms. The Morgan fingerprint density at radius 3 is 2.64 bits per heavy atom. The lowest BCUT2D eigenvalue weighted by atomic mass is 10.1. The Kier molecular flexibility index (Phi) is 4.24. The van der Waals surface area contributed by atoms with Crippen LogP contribution < -0.4 is 0 Å². The summed E-state index contributed by atoms with van der Waals surface area (Å²) < 4.78 is 2.00. The molecule has 2 aromatic heterocycles. The molecule has 0 spiro atoms. The van der Waals surface area contributed by atoms with E-state index >= 15 is 0 Å². The van der Waals surface area contributed by atoms with E-state index in [0.717, 1.165) is 27.7 Å². The summed E-state index contributed by atoms with van der Waals surface area (Å²) in [5.74, 6) is 0.581. The highest BCUT2D eigenvalue weighted by molar-refractivity contribution is 7.99. The van der Waals surface area contributed by atoms with E-state index in [9.17, 15) is 0 Å². The van der Waals surface area contributed by atoms with Crippen molar-refractivity contribution in [2.75, 3.05) is 0 Å². The standard InChI is InChI=1S/C19H15ClN4S/c1-24-11-23-18(19(24)25-17-7-6-15(20)10-22-17)13-4-2-12(3-5-13)16-8-14(16)9-21/h2-7,10-11,14,16H,8H2,1H3/t14?,16-/m1/s1. The summed E-state index contributed by atoms with van der Waals surface area (Å²) in [5, 5.41) is 11.5. The van der Waals surface area contributed by atoms with Crippen molar-refractivity contribution < 1.29 is 0 Å². The monoisotopic (exact) mass is 366 g/mol. The summed E-state index contributed by atoms with van der Waals surface area (Å²) in [6, 6.07) is 14.5. The molecule has 0 saturated heterocycles. The number of nitriles is 1. The van der Waals surface area contributed by atoms with Gasteiger partial charge >= 0.3 is 0 Å². The van der Waals surface area contributed by atoms with Crippen molar-refractivity contribution in [3.63, 3.8) is 0 Å². The normalized spacial score (nSPS) is 18.8. The zero-order chi connectivity index (χ0) is 17.4. The van der Waals surface area contributed by atoms with E-state index in [2.05, 4.69) is 40.3 Å². The largest absolute Gasteiger partial charge is 0.328 e. The van der Waals surface area contributed by atoms with Gasteiger partial charge < -0.3 is 4.57 Å². The molecule has 1 unspecified atom stereocenters. The number of benzene rings is 1. The van der Waals surface area contributed by atoms with Crippen LogP contribution in [0.15, 0.2) is 59.0 Å². The highest BCUT2D eigenvalue weighted by Gasteiger charge is 2.38. The van der Waals surface area contributed by atoms with Crippen LogP contribution in [-0.2, 0) is 7.05 Å². The lowest BCUT2D eigenvalue weighted by molar-refractivity contribution is 0.824. The van der Waals surface area contributed by atoms with Crippen LogP contribution in [0.25, 0.3) is 11.3 Å². The Morgan fingerprint density at radius 1 is 1.20 bits per heavy atom. The Labute approximate surface area is 155 Å². The van der Waals surface area contributed by atoms with Crippen molar-refractivity contribution in [2.45, 2.75) is 22.4 Å². The number of halogens is 1. The van der Waals surface area contributed by atoms with Gasteiger partial charge in [0.15, 0.2) is 0 Å². The minimum atomic E-state index is 0.183. The third-order valence-corrected chi connectivity index (χ3v) is 5.70. The highest BCUT2D eigenvalue weighted by atomic mass is 35.5. The minimum absolute atomic E-state index is 0.183. The van der Waals surface area contributed by atoms with Gasteiger partial charge in [-0.2, -0.15) is 5.26 Å². The van der Waals surface area contributed by atoms with Crippen LogP contribution in [0.1, 0.15) is 17.9 Å². The van der Waals surface area contributed by atoms with Gasteiger partial charge in [0.1, 0.15) is 15.7 Å². The Hall–Kier alpha value is -2.29. The zero-order valence-electron chi connectivity index (χ0n) is 13.6. The van der Waals surface area contributed by atoms with Gasteiger partial charge in [0, 0.05) is 24.7 Å². The number of imidazole rings is 1. The first kappa shape index (κ1) is 16.2. The van der Waals surface area contributed by atoms with Crippen molar-refractivity contribution in [2.24, 2.45) is 13.0 Å². The van der Waals surface area contributed by atoms with E-state index in [1.807, 2.05) is 30.1 Å². The van der Waals surface area contributed by atoms with E-state index in [-0.39, 0.29) is 5.92 Å². The molecule has 1 fully saturated rings. The van der Waals surface area contributed by atoms with Gasteiger partial charge in [-0.3, -0.25) is 0 Å². The lowest BCUT2D eigenvalue weighted by Crippen LogP contribution is -1.91. The number of rotatable bonds is 4. The molecule has 1 aliphatic carbocycles. The lowest BCUT2D eigenvalue weighted by Gasteiger charge is -2.06. The first-order chi connectivity index (χ1) is 12.2. The fraction of sp³-hybridized carbons (Fsp3) is 0.211. The number of aromatic nitrogens is 3. The van der Waals surface area contributed by atoms with Crippen molar-refractivity contribution >= 4 is 23.4 Å². The number of aryl methyl sites for hydroxylation is 1. The summed E-state index contributed by atoms with van der Waals surface area (Å²) in [6.45, 7) is 0. The molecule has 4 rings (SSSR count). The van der Waals surface area contributed by atoms with Crippen molar-refractivity contribution in [1.82, 2.24) is 14.5 Å². The molecule has 0 aliphatic heterocycles. The fourth-order valence-electron chi connectivity index (χ4n) is 2.85. The summed E-state index contributed by atoms with van der Waals surface area (Å²) >= 11 is 7.47. The first-order valence-electron chi connectivity index (χ1n) is 7.96. The average Bonchev–Trinajstić information content (AvgIpc) is 3.35. The number of nitrogens with zero attached hydrogens (tertiary/aromatic N) is 4. The molecule has 4 nitrogen and oxygen atoms in total. The van der Waals surface area contributed by atoms with Crippen molar-refractivity contribution in [3.8, 4) is 17.3 Å². The third kappa shape index (κ3) is 3.28. The molecule has 0 amide bonds. The van der Waals surface area contributed by atoms with E-state index in [1.54, 1.807) is 18.0 Å². The van der Waals surface area contributed by atoms with Crippen molar-refractivity contribution in [1.29, 1.82) is 5.26 Å². The average molecular weight is 367 g/mol. The van der Waals surface area contributed by atoms with Gasteiger partial charge in [0.05, 0.1) is 23.3 Å². The van der Waals surface area contributed by atoms with Crippen LogP contribution >= 0.6 is 23.4 Å². The maximum atomic E-state index is 8.99. The minimum Gasteiger partial charge on any atom is -0.328 e. The molecule has 3 aromatic rings. The molecule has 0 bridgehead atoms. The molecule has 2 atom stereocenters. The first-order valence-corrected chi connectivity index (χ1v) is 9.16. The quantitative estimate of drug-likeness (QED) is 0.658. The van der Waals surface area contributed by atoms with E-state index in [4.69, 9.17) is 16.9 Å². The molecular weight excluding hydrogens is 352 g/mol. The number of hydrogen-bond acceptors (Lipinski definition) is 4. The second kappa shape index (κ2) is 6.55. The number of hydrogen-bond donors (Lipinski definition) is 0. The van der Waals surface area contributed by atoms with Gasteiger partial charge in [-0.25, -0.2) is 9.97 Å². The van der Waals surface area contributed by atoms with Gasteiger partial charge in [-0.05, 0) is 35.9 Å². The smallest absolute Gasteiger partial charge is 0.109 e. The molecule has 25 heavy (non-hydrogen) atoms. The molecule has 0 N–H and O–H groups in total.